The predicted octanol–water partition coefficient (Wildman–Crippen LogP) is 1.55. The molecule has 0 saturated carbocycles. The Morgan fingerprint density at radius 3 is 2.47 bits per heavy atom. The molecule has 1 aromatic carbocycles. The summed E-state index contributed by atoms with van der Waals surface area (Å²) in [4.78, 5) is 22.0. The Bertz CT molecular complexity index is 407. The van der Waals surface area contributed by atoms with Crippen LogP contribution in [0.4, 0.5) is 14.9 Å². The van der Waals surface area contributed by atoms with Crippen molar-refractivity contribution in [1.82, 2.24) is 5.32 Å². The van der Waals surface area contributed by atoms with Crippen LogP contribution in [0.25, 0.3) is 0 Å². The maximum atomic E-state index is 12.6. The molecule has 1 atom stereocenters. The van der Waals surface area contributed by atoms with Crippen LogP contribution in [0.2, 0.25) is 0 Å². The van der Waals surface area contributed by atoms with Crippen molar-refractivity contribution in [2.45, 2.75) is 5.37 Å². The minimum Gasteiger partial charge on any atom is -0.365 e. The first-order chi connectivity index (χ1) is 7.15. The summed E-state index contributed by atoms with van der Waals surface area (Å²) in [5, 5.41) is 3.95. The Kier molecular flexibility index (Phi) is 2.59. The SMILES string of the molecule is O=C1NC(=O)C(Nc2ccc(F)cc2)S1. The van der Waals surface area contributed by atoms with Gasteiger partial charge < -0.3 is 5.32 Å². The first-order valence-electron chi connectivity index (χ1n) is 4.19. The molecule has 0 radical (unpaired) electrons. The number of hydrogen-bond acceptors (Lipinski definition) is 4. The minimum absolute atomic E-state index is 0.347. The molecule has 2 N–H and O–H groups in total. The van der Waals surface area contributed by atoms with E-state index < -0.39 is 5.37 Å². The van der Waals surface area contributed by atoms with E-state index in [2.05, 4.69) is 10.6 Å². The monoisotopic (exact) mass is 226 g/mol. The third-order valence-corrected chi connectivity index (χ3v) is 2.71. The normalized spacial score (nSPS) is 20.2. The Morgan fingerprint density at radius 1 is 1.27 bits per heavy atom. The maximum Gasteiger partial charge on any atom is 0.288 e. The van der Waals surface area contributed by atoms with Crippen LogP contribution in [0.3, 0.4) is 0 Å². The number of benzene rings is 1. The van der Waals surface area contributed by atoms with Crippen molar-refractivity contribution in [3.05, 3.63) is 30.1 Å². The highest BCUT2D eigenvalue weighted by Crippen LogP contribution is 2.21. The second kappa shape index (κ2) is 3.90. The topological polar surface area (TPSA) is 58.2 Å². The average Bonchev–Trinajstić information content (AvgIpc) is 2.49. The van der Waals surface area contributed by atoms with E-state index in [0.717, 1.165) is 11.8 Å². The summed E-state index contributed by atoms with van der Waals surface area (Å²) in [5.74, 6) is -0.727. The molecule has 15 heavy (non-hydrogen) atoms. The highest BCUT2D eigenvalue weighted by atomic mass is 32.2. The zero-order chi connectivity index (χ0) is 10.8. The predicted molar refractivity (Wildman–Crippen MR) is 54.9 cm³/mol. The molecule has 1 heterocycles. The van der Waals surface area contributed by atoms with Gasteiger partial charge in [0.15, 0.2) is 5.37 Å². The van der Waals surface area contributed by atoms with Gasteiger partial charge in [0.25, 0.3) is 11.1 Å². The van der Waals surface area contributed by atoms with Crippen molar-refractivity contribution < 1.29 is 14.0 Å². The van der Waals surface area contributed by atoms with Gasteiger partial charge in [-0.05, 0) is 36.0 Å². The summed E-state index contributed by atoms with van der Waals surface area (Å²) in [6, 6.07) is 5.57. The van der Waals surface area contributed by atoms with Gasteiger partial charge in [-0.25, -0.2) is 4.39 Å². The van der Waals surface area contributed by atoms with Gasteiger partial charge in [-0.3, -0.25) is 14.9 Å². The second-order valence-corrected chi connectivity index (χ2v) is 4.00. The van der Waals surface area contributed by atoms with Crippen LogP contribution in [0.1, 0.15) is 0 Å². The standard InChI is InChI=1S/C9H7FN2O2S/c10-5-1-3-6(4-2-5)11-8-7(13)12-9(14)15-8/h1-4,8,11H,(H,12,13,14). The maximum absolute atomic E-state index is 12.6. The van der Waals surface area contributed by atoms with Gasteiger partial charge in [-0.2, -0.15) is 0 Å². The van der Waals surface area contributed by atoms with E-state index in [0.29, 0.717) is 5.69 Å². The van der Waals surface area contributed by atoms with Crippen LogP contribution in [0, 0.1) is 5.82 Å². The number of amides is 2. The summed E-state index contributed by atoms with van der Waals surface area (Å²) < 4.78 is 12.6. The fourth-order valence-corrected chi connectivity index (χ4v) is 1.88. The lowest BCUT2D eigenvalue weighted by molar-refractivity contribution is -0.118. The second-order valence-electron chi connectivity index (χ2n) is 2.93. The molecule has 1 unspecified atom stereocenters. The molecule has 2 amide bonds. The molecule has 1 aromatic rings. The van der Waals surface area contributed by atoms with E-state index in [9.17, 15) is 14.0 Å². The van der Waals surface area contributed by atoms with Crippen molar-refractivity contribution in [2.75, 3.05) is 5.32 Å². The average molecular weight is 226 g/mol. The molecule has 0 aliphatic carbocycles. The van der Waals surface area contributed by atoms with Crippen LogP contribution < -0.4 is 10.6 Å². The Labute approximate surface area is 89.2 Å². The van der Waals surface area contributed by atoms with Crippen LogP contribution in [0.5, 0.6) is 0 Å². The summed E-state index contributed by atoms with van der Waals surface area (Å²) in [7, 11) is 0. The fourth-order valence-electron chi connectivity index (χ4n) is 1.15. The lowest BCUT2D eigenvalue weighted by Gasteiger charge is -2.09. The van der Waals surface area contributed by atoms with Gasteiger partial charge in [0, 0.05) is 5.69 Å². The number of hydrogen-bond donors (Lipinski definition) is 2. The quantitative estimate of drug-likeness (QED) is 0.803. The first-order valence-corrected chi connectivity index (χ1v) is 5.07. The molecule has 1 fully saturated rings. The zero-order valence-corrected chi connectivity index (χ0v) is 8.31. The molecule has 2 rings (SSSR count). The summed E-state index contributed by atoms with van der Waals surface area (Å²) >= 11 is 0.868. The van der Waals surface area contributed by atoms with Crippen LogP contribution >= 0.6 is 11.8 Å². The highest BCUT2D eigenvalue weighted by molar-refractivity contribution is 8.15. The Morgan fingerprint density at radius 2 is 1.93 bits per heavy atom. The number of anilines is 1. The Balaban J connectivity index is 2.06. The van der Waals surface area contributed by atoms with Crippen molar-refractivity contribution >= 4 is 28.6 Å². The van der Waals surface area contributed by atoms with Crippen molar-refractivity contribution in [3.63, 3.8) is 0 Å². The molecule has 0 spiro atoms. The molecule has 1 saturated heterocycles. The molecular weight excluding hydrogens is 219 g/mol. The number of thioether (sulfide) groups is 1. The van der Waals surface area contributed by atoms with E-state index in [4.69, 9.17) is 0 Å². The smallest absolute Gasteiger partial charge is 0.288 e. The van der Waals surface area contributed by atoms with E-state index >= 15 is 0 Å². The third-order valence-electron chi connectivity index (χ3n) is 1.83. The highest BCUT2D eigenvalue weighted by Gasteiger charge is 2.31. The van der Waals surface area contributed by atoms with Gasteiger partial charge in [-0.1, -0.05) is 0 Å². The summed E-state index contributed by atoms with van der Waals surface area (Å²) in [5.41, 5.74) is 0.596. The van der Waals surface area contributed by atoms with Crippen LogP contribution in [0.15, 0.2) is 24.3 Å². The number of carbonyl (C=O) groups is 2. The lowest BCUT2D eigenvalue weighted by atomic mass is 10.3. The number of halogens is 1. The lowest BCUT2D eigenvalue weighted by Crippen LogP contribution is -2.29. The van der Waals surface area contributed by atoms with Gasteiger partial charge in [0.2, 0.25) is 0 Å². The van der Waals surface area contributed by atoms with Gasteiger partial charge >= 0.3 is 0 Å². The van der Waals surface area contributed by atoms with Crippen LogP contribution in [-0.4, -0.2) is 16.5 Å². The molecular formula is C9H7FN2O2S. The first kappa shape index (κ1) is 9.97. The van der Waals surface area contributed by atoms with E-state index in [1.54, 1.807) is 0 Å². The summed E-state index contributed by atoms with van der Waals surface area (Å²) in [6.45, 7) is 0. The van der Waals surface area contributed by atoms with E-state index in [1.807, 2.05) is 0 Å². The third kappa shape index (κ3) is 2.27. The van der Waals surface area contributed by atoms with E-state index in [1.165, 1.54) is 24.3 Å². The van der Waals surface area contributed by atoms with Gasteiger partial charge in [0.05, 0.1) is 0 Å². The van der Waals surface area contributed by atoms with Crippen molar-refractivity contribution in [1.29, 1.82) is 0 Å². The molecule has 4 nitrogen and oxygen atoms in total. The largest absolute Gasteiger partial charge is 0.365 e. The number of carbonyl (C=O) groups excluding carboxylic acids is 2. The van der Waals surface area contributed by atoms with E-state index in [-0.39, 0.29) is 17.0 Å². The van der Waals surface area contributed by atoms with Crippen molar-refractivity contribution in [2.24, 2.45) is 0 Å². The van der Waals surface area contributed by atoms with Crippen molar-refractivity contribution in [3.8, 4) is 0 Å². The molecule has 0 aromatic heterocycles. The summed E-state index contributed by atoms with van der Waals surface area (Å²) in [6.07, 6.45) is 0. The number of rotatable bonds is 2. The van der Waals surface area contributed by atoms with Gasteiger partial charge in [0.1, 0.15) is 5.82 Å². The molecule has 0 bridgehead atoms. The molecule has 78 valence electrons. The molecule has 1 aliphatic rings. The molecule has 6 heteroatoms. The van der Waals surface area contributed by atoms with Crippen LogP contribution in [-0.2, 0) is 4.79 Å². The number of imide groups is 1. The Hall–Kier alpha value is -1.56. The molecule has 1 aliphatic heterocycles. The number of nitrogens with one attached hydrogen (secondary N) is 2. The fraction of sp³-hybridized carbons (Fsp3) is 0.111. The zero-order valence-electron chi connectivity index (χ0n) is 7.49. The minimum atomic E-state index is -0.636. The van der Waals surface area contributed by atoms with Gasteiger partial charge in [-0.15, -0.1) is 0 Å².